The molecule has 27 heavy (non-hydrogen) atoms. The van der Waals surface area contributed by atoms with Gasteiger partial charge in [-0.2, -0.15) is 0 Å². The smallest absolute Gasteiger partial charge is 0.261 e. The van der Waals surface area contributed by atoms with Crippen LogP contribution < -0.4 is 10.0 Å². The molecule has 0 amide bonds. The molecule has 0 aliphatic carbocycles. The van der Waals surface area contributed by atoms with Crippen molar-refractivity contribution in [1.29, 1.82) is 0 Å². The second-order valence-electron chi connectivity index (χ2n) is 6.00. The molecule has 1 aromatic heterocycles. The van der Waals surface area contributed by atoms with Gasteiger partial charge < -0.3 is 5.32 Å². The summed E-state index contributed by atoms with van der Waals surface area (Å²) in [5.41, 5.74) is 3.12. The summed E-state index contributed by atoms with van der Waals surface area (Å²) in [5, 5.41) is 4.38. The first-order chi connectivity index (χ1) is 13.1. The average molecular weight is 375 g/mol. The first-order valence-electron chi connectivity index (χ1n) is 8.40. The van der Waals surface area contributed by atoms with Crippen molar-refractivity contribution >= 4 is 38.0 Å². The minimum absolute atomic E-state index is 0.231. The van der Waals surface area contributed by atoms with Crippen molar-refractivity contribution < 1.29 is 8.42 Å². The van der Waals surface area contributed by atoms with Crippen LogP contribution in [0.1, 0.15) is 0 Å². The fourth-order valence-corrected chi connectivity index (χ4v) is 3.88. The molecule has 0 radical (unpaired) electrons. The van der Waals surface area contributed by atoms with E-state index < -0.39 is 10.0 Å². The maximum Gasteiger partial charge on any atom is 0.261 e. The van der Waals surface area contributed by atoms with Crippen LogP contribution in [0.15, 0.2) is 96.0 Å². The van der Waals surface area contributed by atoms with E-state index in [9.17, 15) is 8.42 Å². The largest absolute Gasteiger partial charge is 0.354 e. The topological polar surface area (TPSA) is 71.1 Å². The average Bonchev–Trinajstić information content (AvgIpc) is 2.70. The maximum absolute atomic E-state index is 12.4. The van der Waals surface area contributed by atoms with Gasteiger partial charge in [-0.1, -0.05) is 36.4 Å². The first kappa shape index (κ1) is 17.1. The molecule has 3 aromatic carbocycles. The van der Waals surface area contributed by atoms with Crippen LogP contribution in [-0.4, -0.2) is 13.4 Å². The van der Waals surface area contributed by atoms with E-state index in [0.717, 1.165) is 22.3 Å². The zero-order chi connectivity index (χ0) is 18.7. The summed E-state index contributed by atoms with van der Waals surface area (Å²) in [7, 11) is -3.59. The van der Waals surface area contributed by atoms with Crippen LogP contribution in [0.4, 0.5) is 17.1 Å². The summed E-state index contributed by atoms with van der Waals surface area (Å²) >= 11 is 0. The fourth-order valence-electron chi connectivity index (χ4n) is 2.80. The summed E-state index contributed by atoms with van der Waals surface area (Å²) < 4.78 is 27.4. The molecule has 0 saturated heterocycles. The second kappa shape index (κ2) is 7.09. The number of fused-ring (bicyclic) bond motifs is 1. The molecule has 0 aliphatic rings. The van der Waals surface area contributed by atoms with Crippen LogP contribution >= 0.6 is 0 Å². The molecular weight excluding hydrogens is 358 g/mol. The van der Waals surface area contributed by atoms with Crippen LogP contribution in [-0.2, 0) is 10.0 Å². The van der Waals surface area contributed by atoms with Gasteiger partial charge in [-0.25, -0.2) is 8.42 Å². The minimum Gasteiger partial charge on any atom is -0.354 e. The molecule has 0 saturated carbocycles. The van der Waals surface area contributed by atoms with Gasteiger partial charge in [-0.15, -0.1) is 0 Å². The lowest BCUT2D eigenvalue weighted by atomic mass is 10.2. The first-order valence-corrected chi connectivity index (χ1v) is 9.89. The van der Waals surface area contributed by atoms with Gasteiger partial charge in [0.2, 0.25) is 0 Å². The molecule has 0 bridgehead atoms. The minimum atomic E-state index is -3.59. The lowest BCUT2D eigenvalue weighted by Gasteiger charge is -2.11. The second-order valence-corrected chi connectivity index (χ2v) is 7.68. The van der Waals surface area contributed by atoms with Crippen molar-refractivity contribution in [3.05, 3.63) is 91.1 Å². The SMILES string of the molecule is O=S(=O)(Nc1ccc(Nc2cccc3cccnc23)cc1)c1ccccc1. The van der Waals surface area contributed by atoms with Crippen molar-refractivity contribution in [3.8, 4) is 0 Å². The number of nitrogens with one attached hydrogen (secondary N) is 2. The van der Waals surface area contributed by atoms with Gasteiger partial charge in [-0.3, -0.25) is 9.71 Å². The van der Waals surface area contributed by atoms with Crippen LogP contribution in [0.3, 0.4) is 0 Å². The fraction of sp³-hybridized carbons (Fsp3) is 0. The quantitative estimate of drug-likeness (QED) is 0.527. The lowest BCUT2D eigenvalue weighted by Crippen LogP contribution is -2.12. The molecule has 4 aromatic rings. The van der Waals surface area contributed by atoms with Gasteiger partial charge in [0.25, 0.3) is 10.0 Å². The van der Waals surface area contributed by atoms with Crippen molar-refractivity contribution in [2.24, 2.45) is 0 Å². The number of benzene rings is 3. The molecule has 0 atom stereocenters. The van der Waals surface area contributed by atoms with Gasteiger partial charge in [0, 0.05) is 23.0 Å². The summed E-state index contributed by atoms with van der Waals surface area (Å²) in [6.45, 7) is 0. The monoisotopic (exact) mass is 375 g/mol. The molecule has 4 rings (SSSR count). The van der Waals surface area contributed by atoms with Gasteiger partial charge in [0.1, 0.15) is 0 Å². The standard InChI is InChI=1S/C21H17N3O2S/c25-27(26,19-8-2-1-3-9-19)24-18-13-11-17(12-14-18)23-20-10-4-6-16-7-5-15-22-21(16)20/h1-15,23-24H. The van der Waals surface area contributed by atoms with Crippen LogP contribution in [0, 0.1) is 0 Å². The molecule has 134 valence electrons. The van der Waals surface area contributed by atoms with E-state index in [1.165, 1.54) is 0 Å². The van der Waals surface area contributed by atoms with E-state index in [1.807, 2.05) is 42.5 Å². The highest BCUT2D eigenvalue weighted by atomic mass is 32.2. The number of sulfonamides is 1. The molecule has 1 heterocycles. The maximum atomic E-state index is 12.4. The van der Waals surface area contributed by atoms with Gasteiger partial charge >= 0.3 is 0 Å². The molecule has 0 aliphatic heterocycles. The molecule has 0 fully saturated rings. The number of anilines is 3. The highest BCUT2D eigenvalue weighted by Gasteiger charge is 2.13. The van der Waals surface area contributed by atoms with E-state index in [-0.39, 0.29) is 4.90 Å². The van der Waals surface area contributed by atoms with Gasteiger partial charge in [0.05, 0.1) is 16.1 Å². The predicted molar refractivity (Wildman–Crippen MR) is 109 cm³/mol. The lowest BCUT2D eigenvalue weighted by molar-refractivity contribution is 0.601. The van der Waals surface area contributed by atoms with E-state index in [0.29, 0.717) is 5.69 Å². The predicted octanol–water partition coefficient (Wildman–Crippen LogP) is 4.78. The molecule has 0 unspecified atom stereocenters. The Balaban J connectivity index is 1.54. The Bertz CT molecular complexity index is 1170. The van der Waals surface area contributed by atoms with Crippen molar-refractivity contribution in [2.45, 2.75) is 4.90 Å². The Morgan fingerprint density at radius 1 is 0.704 bits per heavy atom. The molecular formula is C21H17N3O2S. The van der Waals surface area contributed by atoms with Crippen molar-refractivity contribution in [3.63, 3.8) is 0 Å². The number of nitrogens with zero attached hydrogens (tertiary/aromatic N) is 1. The number of rotatable bonds is 5. The molecule has 6 heteroatoms. The zero-order valence-electron chi connectivity index (χ0n) is 14.3. The number of para-hydroxylation sites is 1. The van der Waals surface area contributed by atoms with E-state index in [2.05, 4.69) is 15.0 Å². The van der Waals surface area contributed by atoms with Crippen LogP contribution in [0.2, 0.25) is 0 Å². The third-order valence-corrected chi connectivity index (χ3v) is 5.50. The third-order valence-electron chi connectivity index (χ3n) is 4.10. The number of hydrogen-bond donors (Lipinski definition) is 2. The zero-order valence-corrected chi connectivity index (χ0v) is 15.1. The summed E-state index contributed by atoms with van der Waals surface area (Å²) in [6.07, 6.45) is 1.76. The van der Waals surface area contributed by atoms with E-state index in [1.54, 1.807) is 48.7 Å². The van der Waals surface area contributed by atoms with Gasteiger partial charge in [-0.05, 0) is 48.5 Å². The Morgan fingerprint density at radius 3 is 2.19 bits per heavy atom. The Labute approximate surface area is 157 Å². The van der Waals surface area contributed by atoms with Crippen molar-refractivity contribution in [1.82, 2.24) is 4.98 Å². The summed E-state index contributed by atoms with van der Waals surface area (Å²) in [6, 6.07) is 25.2. The van der Waals surface area contributed by atoms with E-state index >= 15 is 0 Å². The third kappa shape index (κ3) is 3.75. The number of pyridine rings is 1. The summed E-state index contributed by atoms with van der Waals surface area (Å²) in [5.74, 6) is 0. The number of aromatic nitrogens is 1. The summed E-state index contributed by atoms with van der Waals surface area (Å²) in [4.78, 5) is 4.65. The molecule has 5 nitrogen and oxygen atoms in total. The van der Waals surface area contributed by atoms with Crippen LogP contribution in [0.5, 0.6) is 0 Å². The number of hydrogen-bond acceptors (Lipinski definition) is 4. The highest BCUT2D eigenvalue weighted by molar-refractivity contribution is 7.92. The molecule has 0 spiro atoms. The van der Waals surface area contributed by atoms with E-state index in [4.69, 9.17) is 0 Å². The highest BCUT2D eigenvalue weighted by Crippen LogP contribution is 2.25. The van der Waals surface area contributed by atoms with Gasteiger partial charge in [0.15, 0.2) is 0 Å². The normalized spacial score (nSPS) is 11.3. The molecule has 2 N–H and O–H groups in total. The van der Waals surface area contributed by atoms with Crippen LogP contribution in [0.25, 0.3) is 10.9 Å². The Kier molecular flexibility index (Phi) is 4.48. The Hall–Kier alpha value is -3.38. The Morgan fingerprint density at radius 2 is 1.41 bits per heavy atom. The van der Waals surface area contributed by atoms with Crippen molar-refractivity contribution in [2.75, 3.05) is 10.0 Å².